The average molecular weight is 170 g/mol. The van der Waals surface area contributed by atoms with E-state index < -0.39 is 0 Å². The fourth-order valence-electron chi connectivity index (χ4n) is 2.05. The van der Waals surface area contributed by atoms with E-state index in [4.69, 9.17) is 9.84 Å². The van der Waals surface area contributed by atoms with Crippen LogP contribution in [-0.2, 0) is 4.74 Å². The van der Waals surface area contributed by atoms with Gasteiger partial charge >= 0.3 is 0 Å². The molecule has 1 unspecified atom stereocenters. The molecular formula is C10H18O2. The van der Waals surface area contributed by atoms with Crippen LogP contribution < -0.4 is 0 Å². The molecule has 0 aromatic heterocycles. The quantitative estimate of drug-likeness (QED) is 0.698. The van der Waals surface area contributed by atoms with Gasteiger partial charge in [0.05, 0.1) is 6.10 Å². The maximum absolute atomic E-state index is 9.13. The second-order valence-corrected chi connectivity index (χ2v) is 4.35. The second kappa shape index (κ2) is 3.35. The van der Waals surface area contributed by atoms with Crippen LogP contribution in [0, 0.1) is 5.41 Å². The van der Waals surface area contributed by atoms with Gasteiger partial charge in [0.25, 0.3) is 0 Å². The van der Waals surface area contributed by atoms with Crippen molar-refractivity contribution in [2.45, 2.75) is 44.6 Å². The third kappa shape index (κ3) is 1.80. The van der Waals surface area contributed by atoms with E-state index in [1.165, 1.54) is 32.1 Å². The van der Waals surface area contributed by atoms with Gasteiger partial charge in [0.15, 0.2) is 0 Å². The van der Waals surface area contributed by atoms with Crippen molar-refractivity contribution >= 4 is 0 Å². The minimum absolute atomic E-state index is 0.280. The first-order chi connectivity index (χ1) is 5.85. The summed E-state index contributed by atoms with van der Waals surface area (Å²) in [6, 6.07) is 0. The summed E-state index contributed by atoms with van der Waals surface area (Å²) in [6.07, 6.45) is 7.72. The van der Waals surface area contributed by atoms with E-state index >= 15 is 0 Å². The molecule has 1 heterocycles. The first kappa shape index (κ1) is 8.52. The number of aliphatic hydroxyl groups excluding tert-OH is 1. The monoisotopic (exact) mass is 170 g/mol. The Bertz CT molecular complexity index is 146. The minimum atomic E-state index is 0.280. The van der Waals surface area contributed by atoms with Crippen molar-refractivity contribution in [1.29, 1.82) is 0 Å². The van der Waals surface area contributed by atoms with Gasteiger partial charge < -0.3 is 9.84 Å². The summed E-state index contributed by atoms with van der Waals surface area (Å²) in [5.41, 5.74) is 0.280. The second-order valence-electron chi connectivity index (χ2n) is 4.35. The Hall–Kier alpha value is -0.0800. The molecule has 0 spiro atoms. The van der Waals surface area contributed by atoms with Crippen LogP contribution in [0.2, 0.25) is 0 Å². The molecule has 1 aliphatic heterocycles. The molecule has 2 heteroatoms. The molecule has 0 bridgehead atoms. The van der Waals surface area contributed by atoms with Crippen LogP contribution >= 0.6 is 0 Å². The summed E-state index contributed by atoms with van der Waals surface area (Å²) in [7, 11) is 0. The van der Waals surface area contributed by atoms with Crippen molar-refractivity contribution in [3.05, 3.63) is 0 Å². The van der Waals surface area contributed by atoms with Crippen LogP contribution in [0.25, 0.3) is 0 Å². The van der Waals surface area contributed by atoms with Crippen molar-refractivity contribution in [3.63, 3.8) is 0 Å². The molecule has 2 rings (SSSR count). The van der Waals surface area contributed by atoms with Crippen molar-refractivity contribution in [1.82, 2.24) is 0 Å². The third-order valence-electron chi connectivity index (χ3n) is 3.23. The molecule has 0 radical (unpaired) electrons. The summed E-state index contributed by atoms with van der Waals surface area (Å²) < 4.78 is 5.64. The van der Waals surface area contributed by atoms with E-state index in [0.717, 1.165) is 13.0 Å². The molecule has 1 saturated heterocycles. The van der Waals surface area contributed by atoms with Crippen LogP contribution in [0.1, 0.15) is 38.5 Å². The van der Waals surface area contributed by atoms with E-state index in [2.05, 4.69) is 0 Å². The summed E-state index contributed by atoms with van der Waals surface area (Å²) >= 11 is 0. The highest BCUT2D eigenvalue weighted by molar-refractivity contribution is 4.94. The predicted octanol–water partition coefficient (Wildman–Crippen LogP) is 1.72. The molecule has 1 saturated carbocycles. The van der Waals surface area contributed by atoms with Crippen LogP contribution in [0.15, 0.2) is 0 Å². The fourth-order valence-corrected chi connectivity index (χ4v) is 2.05. The molecule has 1 aliphatic carbocycles. The van der Waals surface area contributed by atoms with E-state index in [9.17, 15) is 0 Å². The van der Waals surface area contributed by atoms with Gasteiger partial charge in [-0.05, 0) is 43.9 Å². The van der Waals surface area contributed by atoms with Gasteiger partial charge in [0.2, 0.25) is 0 Å². The molecule has 1 N–H and O–H groups in total. The smallest absolute Gasteiger partial charge is 0.0581 e. The zero-order valence-corrected chi connectivity index (χ0v) is 7.59. The SMILES string of the molecule is OCC1(CC2CCCCO2)CC1. The molecule has 0 amide bonds. The van der Waals surface area contributed by atoms with E-state index in [0.29, 0.717) is 12.7 Å². The molecule has 1 atom stereocenters. The number of rotatable bonds is 3. The lowest BCUT2D eigenvalue weighted by atomic mass is 9.95. The first-order valence-corrected chi connectivity index (χ1v) is 5.07. The maximum atomic E-state index is 9.13. The van der Waals surface area contributed by atoms with Crippen LogP contribution in [0.5, 0.6) is 0 Å². The zero-order valence-electron chi connectivity index (χ0n) is 7.59. The maximum Gasteiger partial charge on any atom is 0.0581 e. The predicted molar refractivity (Wildman–Crippen MR) is 47.0 cm³/mol. The standard InChI is InChI=1S/C10H18O2/c11-8-10(4-5-10)7-9-3-1-2-6-12-9/h9,11H,1-8H2. The summed E-state index contributed by atoms with van der Waals surface area (Å²) in [6.45, 7) is 1.30. The lowest BCUT2D eigenvalue weighted by Crippen LogP contribution is -2.24. The van der Waals surface area contributed by atoms with Crippen LogP contribution in [-0.4, -0.2) is 24.4 Å². The Balaban J connectivity index is 1.77. The van der Waals surface area contributed by atoms with Crippen molar-refractivity contribution in [2.24, 2.45) is 5.41 Å². The highest BCUT2D eigenvalue weighted by Crippen LogP contribution is 2.50. The van der Waals surface area contributed by atoms with Gasteiger partial charge in [-0.3, -0.25) is 0 Å². The van der Waals surface area contributed by atoms with Crippen molar-refractivity contribution < 1.29 is 9.84 Å². The molecule has 2 aliphatic rings. The van der Waals surface area contributed by atoms with Gasteiger partial charge in [-0.2, -0.15) is 0 Å². The topological polar surface area (TPSA) is 29.5 Å². The van der Waals surface area contributed by atoms with Crippen molar-refractivity contribution in [3.8, 4) is 0 Å². The molecule has 0 aromatic carbocycles. The lowest BCUT2D eigenvalue weighted by molar-refractivity contribution is -0.00779. The summed E-state index contributed by atoms with van der Waals surface area (Å²) in [5.74, 6) is 0. The molecular weight excluding hydrogens is 152 g/mol. The van der Waals surface area contributed by atoms with E-state index in [1.807, 2.05) is 0 Å². The van der Waals surface area contributed by atoms with Gasteiger partial charge in [-0.25, -0.2) is 0 Å². The van der Waals surface area contributed by atoms with Gasteiger partial charge in [-0.15, -0.1) is 0 Å². The molecule has 0 aromatic rings. The molecule has 70 valence electrons. The van der Waals surface area contributed by atoms with Crippen LogP contribution in [0.4, 0.5) is 0 Å². The van der Waals surface area contributed by atoms with Crippen LogP contribution in [0.3, 0.4) is 0 Å². The minimum Gasteiger partial charge on any atom is -0.396 e. The van der Waals surface area contributed by atoms with E-state index in [-0.39, 0.29) is 5.41 Å². The van der Waals surface area contributed by atoms with Crippen molar-refractivity contribution in [2.75, 3.05) is 13.2 Å². The largest absolute Gasteiger partial charge is 0.396 e. The average Bonchev–Trinajstić information content (AvgIpc) is 2.88. The molecule has 12 heavy (non-hydrogen) atoms. The molecule has 2 nitrogen and oxygen atoms in total. The number of aliphatic hydroxyl groups is 1. The highest BCUT2D eigenvalue weighted by Gasteiger charge is 2.43. The Kier molecular flexibility index (Phi) is 2.37. The number of hydrogen-bond donors (Lipinski definition) is 1. The number of hydrogen-bond acceptors (Lipinski definition) is 2. The zero-order chi connectivity index (χ0) is 8.44. The van der Waals surface area contributed by atoms with Gasteiger partial charge in [0, 0.05) is 13.2 Å². The highest BCUT2D eigenvalue weighted by atomic mass is 16.5. The Morgan fingerprint density at radius 2 is 2.17 bits per heavy atom. The lowest BCUT2D eigenvalue weighted by Gasteiger charge is -2.25. The van der Waals surface area contributed by atoms with Gasteiger partial charge in [-0.1, -0.05) is 0 Å². The summed E-state index contributed by atoms with van der Waals surface area (Å²) in [5, 5.41) is 9.13. The van der Waals surface area contributed by atoms with E-state index in [1.54, 1.807) is 0 Å². The molecule has 2 fully saturated rings. The first-order valence-electron chi connectivity index (χ1n) is 5.07. The third-order valence-corrected chi connectivity index (χ3v) is 3.23. The summed E-state index contributed by atoms with van der Waals surface area (Å²) in [4.78, 5) is 0. The fraction of sp³-hybridized carbons (Fsp3) is 1.00. The number of ether oxygens (including phenoxy) is 1. The Morgan fingerprint density at radius 1 is 1.33 bits per heavy atom. The normalized spacial score (nSPS) is 33.2. The van der Waals surface area contributed by atoms with Gasteiger partial charge in [0.1, 0.15) is 0 Å². The Morgan fingerprint density at radius 3 is 2.67 bits per heavy atom. The Labute approximate surface area is 73.9 Å².